The number of sulfonamides is 1. The van der Waals surface area contributed by atoms with E-state index >= 15 is 0 Å². The van der Waals surface area contributed by atoms with Crippen LogP contribution in [0.5, 0.6) is 11.6 Å². The van der Waals surface area contributed by atoms with E-state index in [-0.39, 0.29) is 11.8 Å². The zero-order valence-electron chi connectivity index (χ0n) is 24.4. The number of ether oxygens (including phenoxy) is 1. The zero-order chi connectivity index (χ0) is 31.4. The van der Waals surface area contributed by atoms with Crippen molar-refractivity contribution in [3.8, 4) is 22.9 Å². The van der Waals surface area contributed by atoms with E-state index in [2.05, 4.69) is 25.0 Å². The molecule has 0 spiro atoms. The number of fused-ring (bicyclic) bond motifs is 1. The van der Waals surface area contributed by atoms with E-state index in [1.165, 1.54) is 11.1 Å². The number of aromatic nitrogens is 4. The first-order valence-corrected chi connectivity index (χ1v) is 16.0. The lowest BCUT2D eigenvalue weighted by molar-refractivity contribution is 0.132. The number of pyridine rings is 2. The molecule has 45 heavy (non-hydrogen) atoms. The number of likely N-dealkylation sites (tertiary alicyclic amines) is 1. The van der Waals surface area contributed by atoms with Gasteiger partial charge in [0.05, 0.1) is 22.7 Å². The minimum absolute atomic E-state index is 0.107. The molecule has 5 aromatic rings. The van der Waals surface area contributed by atoms with Crippen molar-refractivity contribution >= 4 is 38.5 Å². The van der Waals surface area contributed by atoms with E-state index in [0.29, 0.717) is 63.9 Å². The van der Waals surface area contributed by atoms with Gasteiger partial charge in [0.15, 0.2) is 0 Å². The van der Waals surface area contributed by atoms with Crippen molar-refractivity contribution in [2.75, 3.05) is 23.1 Å². The first-order valence-electron chi connectivity index (χ1n) is 14.4. The highest BCUT2D eigenvalue weighted by Crippen LogP contribution is 2.39. The van der Waals surface area contributed by atoms with Gasteiger partial charge in [0.1, 0.15) is 5.75 Å². The van der Waals surface area contributed by atoms with Crippen LogP contribution in [0.25, 0.3) is 22.0 Å². The van der Waals surface area contributed by atoms with Crippen LogP contribution in [0.4, 0.5) is 16.4 Å². The van der Waals surface area contributed by atoms with Crippen LogP contribution < -0.4 is 14.8 Å². The molecule has 1 amide bonds. The Morgan fingerprint density at radius 3 is 2.71 bits per heavy atom. The molecule has 0 radical (unpaired) electrons. The van der Waals surface area contributed by atoms with Gasteiger partial charge in [0.25, 0.3) is 0 Å². The van der Waals surface area contributed by atoms with Gasteiger partial charge in [-0.2, -0.15) is 0 Å². The van der Waals surface area contributed by atoms with Gasteiger partial charge in [0.2, 0.25) is 21.9 Å². The quantitative estimate of drug-likeness (QED) is 0.186. The largest absolute Gasteiger partial charge is 0.465 e. The van der Waals surface area contributed by atoms with Crippen molar-refractivity contribution in [2.24, 2.45) is 0 Å². The number of amides is 1. The average molecular weight is 626 g/mol. The standard InChI is InChI=1S/C32H31N7O5S/c1-21-11-12-24-25(8-2-10-28(24)38-45(42,43)20-22-6-3-14-33-18-22)29(21)44-30-26(9-4-15-34-30)27-13-16-35-31(37-27)36-23-7-5-17-39(19-23)32(40)41/h2-4,6,8-16,18,23,38H,5,7,17,19-20H2,1H3,(H,40,41)(H,35,36,37)/t23-/m0/s1. The minimum Gasteiger partial charge on any atom is -0.465 e. The lowest BCUT2D eigenvalue weighted by Gasteiger charge is -2.31. The van der Waals surface area contributed by atoms with E-state index < -0.39 is 16.1 Å². The third-order valence-electron chi connectivity index (χ3n) is 7.48. The number of carbonyl (C=O) groups is 1. The Labute approximate surface area is 260 Å². The van der Waals surface area contributed by atoms with Gasteiger partial charge in [-0.05, 0) is 61.2 Å². The van der Waals surface area contributed by atoms with E-state index in [0.717, 1.165) is 18.4 Å². The maximum Gasteiger partial charge on any atom is 0.407 e. The molecule has 3 N–H and O–H groups in total. The predicted octanol–water partition coefficient (Wildman–Crippen LogP) is 5.68. The Hall–Kier alpha value is -5.30. The van der Waals surface area contributed by atoms with Crippen molar-refractivity contribution in [1.29, 1.82) is 0 Å². The molecule has 1 fully saturated rings. The Bertz CT molecular complexity index is 1960. The zero-order valence-corrected chi connectivity index (χ0v) is 25.2. The number of rotatable bonds is 9. The summed E-state index contributed by atoms with van der Waals surface area (Å²) in [6.07, 6.45) is 7.00. The van der Waals surface area contributed by atoms with Crippen LogP contribution in [-0.4, -0.2) is 63.6 Å². The first-order chi connectivity index (χ1) is 21.8. The molecule has 0 aliphatic carbocycles. The summed E-state index contributed by atoms with van der Waals surface area (Å²) in [5, 5.41) is 14.0. The van der Waals surface area contributed by atoms with Crippen molar-refractivity contribution in [2.45, 2.75) is 31.6 Å². The molecule has 1 aliphatic rings. The number of hydrogen-bond acceptors (Lipinski definition) is 9. The maximum absolute atomic E-state index is 13.0. The molecule has 3 aromatic heterocycles. The summed E-state index contributed by atoms with van der Waals surface area (Å²) < 4.78 is 35.3. The number of nitrogens with one attached hydrogen (secondary N) is 2. The molecule has 230 valence electrons. The smallest absolute Gasteiger partial charge is 0.407 e. The van der Waals surface area contributed by atoms with Gasteiger partial charge in [0, 0.05) is 54.7 Å². The summed E-state index contributed by atoms with van der Waals surface area (Å²) >= 11 is 0. The van der Waals surface area contributed by atoms with Crippen LogP contribution in [0, 0.1) is 6.92 Å². The summed E-state index contributed by atoms with van der Waals surface area (Å²) in [5.41, 5.74) is 3.04. The summed E-state index contributed by atoms with van der Waals surface area (Å²) in [5.74, 6) is 1.01. The molecule has 0 bridgehead atoms. The van der Waals surface area contributed by atoms with E-state index in [1.807, 2.05) is 31.2 Å². The lowest BCUT2D eigenvalue weighted by Crippen LogP contribution is -2.44. The Morgan fingerprint density at radius 1 is 1.02 bits per heavy atom. The fourth-order valence-electron chi connectivity index (χ4n) is 5.36. The average Bonchev–Trinajstić information content (AvgIpc) is 3.03. The van der Waals surface area contributed by atoms with Gasteiger partial charge in [-0.1, -0.05) is 30.3 Å². The van der Waals surface area contributed by atoms with Crippen LogP contribution in [0.1, 0.15) is 24.0 Å². The van der Waals surface area contributed by atoms with Gasteiger partial charge >= 0.3 is 6.09 Å². The molecule has 0 saturated carbocycles. The molecular weight excluding hydrogens is 594 g/mol. The van der Waals surface area contributed by atoms with Crippen molar-refractivity contribution in [3.63, 3.8) is 0 Å². The number of nitrogens with zero attached hydrogens (tertiary/aromatic N) is 5. The SMILES string of the molecule is Cc1ccc2c(NS(=O)(=O)Cc3cccnc3)cccc2c1Oc1ncccc1-c1ccnc(N[C@H]2CCCN(C(=O)O)C2)n1. The summed E-state index contributed by atoms with van der Waals surface area (Å²) in [6.45, 7) is 2.78. The molecule has 1 saturated heterocycles. The van der Waals surface area contributed by atoms with E-state index in [1.54, 1.807) is 55.0 Å². The number of anilines is 2. The Morgan fingerprint density at radius 2 is 1.89 bits per heavy atom. The molecule has 1 atom stereocenters. The monoisotopic (exact) mass is 625 g/mol. The summed E-state index contributed by atoms with van der Waals surface area (Å²) in [4.78, 5) is 30.4. The van der Waals surface area contributed by atoms with Gasteiger partial charge in [-0.25, -0.2) is 28.2 Å². The molecule has 0 unspecified atom stereocenters. The number of carboxylic acid groups (broad SMARTS) is 1. The van der Waals surface area contributed by atoms with Crippen LogP contribution >= 0.6 is 0 Å². The van der Waals surface area contributed by atoms with Crippen molar-refractivity contribution in [1.82, 2.24) is 24.8 Å². The molecule has 4 heterocycles. The van der Waals surface area contributed by atoms with E-state index in [4.69, 9.17) is 9.72 Å². The van der Waals surface area contributed by atoms with Crippen molar-refractivity contribution < 1.29 is 23.1 Å². The maximum atomic E-state index is 13.0. The molecular formula is C32H31N7O5S. The van der Waals surface area contributed by atoms with Gasteiger partial charge in [-0.15, -0.1) is 0 Å². The van der Waals surface area contributed by atoms with Gasteiger partial charge in [-0.3, -0.25) is 9.71 Å². The molecule has 2 aromatic carbocycles. The molecule has 13 heteroatoms. The predicted molar refractivity (Wildman–Crippen MR) is 171 cm³/mol. The fraction of sp³-hybridized carbons (Fsp3) is 0.219. The van der Waals surface area contributed by atoms with Crippen LogP contribution in [0.15, 0.2) is 85.5 Å². The highest BCUT2D eigenvalue weighted by atomic mass is 32.2. The Balaban J connectivity index is 1.28. The normalized spacial score (nSPS) is 15.0. The number of hydrogen-bond donors (Lipinski definition) is 3. The molecule has 1 aliphatic heterocycles. The number of benzene rings is 2. The third-order valence-corrected chi connectivity index (χ3v) is 8.72. The third kappa shape index (κ3) is 6.93. The summed E-state index contributed by atoms with van der Waals surface area (Å²) in [7, 11) is -3.72. The van der Waals surface area contributed by atoms with Crippen LogP contribution in [0.3, 0.4) is 0 Å². The highest BCUT2D eigenvalue weighted by molar-refractivity contribution is 7.91. The second-order valence-electron chi connectivity index (χ2n) is 10.8. The number of piperidine rings is 1. The topological polar surface area (TPSA) is 160 Å². The van der Waals surface area contributed by atoms with Crippen LogP contribution in [-0.2, 0) is 15.8 Å². The summed E-state index contributed by atoms with van der Waals surface area (Å²) in [6, 6.07) is 17.8. The first kappa shape index (κ1) is 29.8. The number of aryl methyl sites for hydroxylation is 1. The minimum atomic E-state index is -3.72. The van der Waals surface area contributed by atoms with Crippen molar-refractivity contribution in [3.05, 3.63) is 96.6 Å². The second kappa shape index (κ2) is 12.7. The van der Waals surface area contributed by atoms with Crippen LogP contribution in [0.2, 0.25) is 0 Å². The highest BCUT2D eigenvalue weighted by Gasteiger charge is 2.24. The Kier molecular flexibility index (Phi) is 8.43. The lowest BCUT2D eigenvalue weighted by atomic mass is 10.0. The van der Waals surface area contributed by atoms with Gasteiger partial charge < -0.3 is 20.1 Å². The molecule has 12 nitrogen and oxygen atoms in total. The molecule has 6 rings (SSSR count). The fourth-order valence-corrected chi connectivity index (χ4v) is 6.56. The second-order valence-corrected chi connectivity index (χ2v) is 12.5. The van der Waals surface area contributed by atoms with E-state index in [9.17, 15) is 18.3 Å².